The third-order valence-corrected chi connectivity index (χ3v) is 2.12. The van der Waals surface area contributed by atoms with Gasteiger partial charge >= 0.3 is 0 Å². The molecule has 4 nitrogen and oxygen atoms in total. The molecule has 0 amide bonds. The molecule has 14 heavy (non-hydrogen) atoms. The molecule has 1 rings (SSSR count). The molecule has 0 aliphatic carbocycles. The molecule has 0 bridgehead atoms. The van der Waals surface area contributed by atoms with Crippen LogP contribution in [0.25, 0.3) is 0 Å². The van der Waals surface area contributed by atoms with E-state index in [1.54, 1.807) is 7.05 Å². The Morgan fingerprint density at radius 1 is 1.43 bits per heavy atom. The number of hydrogen-bond acceptors (Lipinski definition) is 2. The second-order valence-corrected chi connectivity index (χ2v) is 3.77. The average molecular weight is 257 g/mol. The summed E-state index contributed by atoms with van der Waals surface area (Å²) in [6, 6.07) is 5.99. The lowest BCUT2D eigenvalue weighted by Crippen LogP contribution is -2.36. The van der Waals surface area contributed by atoms with Gasteiger partial charge in [0.2, 0.25) is 5.96 Å². The van der Waals surface area contributed by atoms with E-state index in [0.717, 1.165) is 15.7 Å². The molecule has 76 valence electrons. The van der Waals surface area contributed by atoms with Crippen molar-refractivity contribution in [1.29, 1.82) is 0 Å². The molecule has 0 unspecified atom stereocenters. The zero-order chi connectivity index (χ0) is 10.6. The summed E-state index contributed by atoms with van der Waals surface area (Å²) in [5, 5.41) is 3.04. The first kappa shape index (κ1) is 11.0. The van der Waals surface area contributed by atoms with Gasteiger partial charge in [-0.2, -0.15) is 0 Å². The number of nitrogens with zero attached hydrogens (tertiary/aromatic N) is 1. The fraction of sp³-hybridized carbons (Fsp3) is 0.222. The molecular formula is C9H13BrN4. The summed E-state index contributed by atoms with van der Waals surface area (Å²) in [7, 11) is 1.66. The Labute approximate surface area is 91.7 Å². The second kappa shape index (κ2) is 4.97. The van der Waals surface area contributed by atoms with Crippen LogP contribution in [0.1, 0.15) is 5.56 Å². The maximum absolute atomic E-state index is 5.25. The summed E-state index contributed by atoms with van der Waals surface area (Å²) in [4.78, 5) is 3.92. The molecule has 0 saturated heterocycles. The number of hydrogen-bond donors (Lipinski definition) is 3. The molecule has 0 aliphatic rings. The van der Waals surface area contributed by atoms with E-state index in [2.05, 4.69) is 31.7 Å². The van der Waals surface area contributed by atoms with E-state index >= 15 is 0 Å². The molecule has 0 atom stereocenters. The van der Waals surface area contributed by atoms with Gasteiger partial charge in [-0.3, -0.25) is 10.4 Å². The van der Waals surface area contributed by atoms with Gasteiger partial charge in [-0.25, -0.2) is 5.84 Å². The summed E-state index contributed by atoms with van der Waals surface area (Å²) in [6.45, 7) is 2.02. The van der Waals surface area contributed by atoms with Crippen LogP contribution < -0.4 is 16.6 Å². The zero-order valence-electron chi connectivity index (χ0n) is 8.13. The minimum absolute atomic E-state index is 0.530. The van der Waals surface area contributed by atoms with E-state index in [-0.39, 0.29) is 0 Å². The molecule has 0 radical (unpaired) electrons. The topological polar surface area (TPSA) is 62.4 Å². The standard InChI is InChI=1S/C9H13BrN4/c1-6-3-7(10)5-8(4-6)13-9(12-2)14-11/h3-5H,11H2,1-2H3,(H2,12,13,14). The van der Waals surface area contributed by atoms with E-state index in [1.165, 1.54) is 0 Å². The van der Waals surface area contributed by atoms with Gasteiger partial charge in [0.15, 0.2) is 0 Å². The maximum atomic E-state index is 5.25. The van der Waals surface area contributed by atoms with Crippen molar-refractivity contribution < 1.29 is 0 Å². The Morgan fingerprint density at radius 2 is 2.14 bits per heavy atom. The van der Waals surface area contributed by atoms with E-state index in [4.69, 9.17) is 5.84 Å². The van der Waals surface area contributed by atoms with Crippen molar-refractivity contribution in [2.24, 2.45) is 10.8 Å². The summed E-state index contributed by atoms with van der Waals surface area (Å²) in [5.74, 6) is 5.78. The molecular weight excluding hydrogens is 244 g/mol. The Bertz CT molecular complexity index is 328. The molecule has 0 spiro atoms. The summed E-state index contributed by atoms with van der Waals surface area (Å²) >= 11 is 3.42. The van der Waals surface area contributed by atoms with Gasteiger partial charge in [-0.15, -0.1) is 0 Å². The van der Waals surface area contributed by atoms with Gasteiger partial charge in [-0.05, 0) is 30.7 Å². The third-order valence-electron chi connectivity index (χ3n) is 1.67. The van der Waals surface area contributed by atoms with E-state index < -0.39 is 0 Å². The van der Waals surface area contributed by atoms with Crippen molar-refractivity contribution >= 4 is 27.6 Å². The lowest BCUT2D eigenvalue weighted by Gasteiger charge is -2.09. The highest BCUT2D eigenvalue weighted by Gasteiger charge is 1.98. The van der Waals surface area contributed by atoms with Crippen molar-refractivity contribution in [3.63, 3.8) is 0 Å². The van der Waals surface area contributed by atoms with Crippen LogP contribution in [0.5, 0.6) is 0 Å². The van der Waals surface area contributed by atoms with Gasteiger partial charge in [0.1, 0.15) is 0 Å². The predicted octanol–water partition coefficient (Wildman–Crippen LogP) is 1.62. The number of hydrazine groups is 1. The molecule has 0 saturated carbocycles. The third kappa shape index (κ3) is 3.01. The minimum Gasteiger partial charge on any atom is -0.325 e. The predicted molar refractivity (Wildman–Crippen MR) is 63.2 cm³/mol. The highest BCUT2D eigenvalue weighted by Crippen LogP contribution is 2.18. The summed E-state index contributed by atoms with van der Waals surface area (Å²) < 4.78 is 1.02. The van der Waals surface area contributed by atoms with E-state index in [1.807, 2.05) is 25.1 Å². The quantitative estimate of drug-likeness (QED) is 0.310. The highest BCUT2D eigenvalue weighted by molar-refractivity contribution is 9.10. The molecule has 0 aliphatic heterocycles. The Balaban J connectivity index is 2.86. The van der Waals surface area contributed by atoms with Crippen molar-refractivity contribution in [1.82, 2.24) is 5.43 Å². The van der Waals surface area contributed by atoms with Crippen LogP contribution in [-0.2, 0) is 0 Å². The molecule has 1 aromatic rings. The van der Waals surface area contributed by atoms with Gasteiger partial charge in [0.05, 0.1) is 0 Å². The van der Waals surface area contributed by atoms with Crippen LogP contribution in [0.4, 0.5) is 5.69 Å². The second-order valence-electron chi connectivity index (χ2n) is 2.86. The van der Waals surface area contributed by atoms with Gasteiger partial charge in [0, 0.05) is 17.2 Å². The lowest BCUT2D eigenvalue weighted by atomic mass is 10.2. The Kier molecular flexibility index (Phi) is 3.91. The highest BCUT2D eigenvalue weighted by atomic mass is 79.9. The molecule has 4 N–H and O–H groups in total. The average Bonchev–Trinajstić information content (AvgIpc) is 2.12. The van der Waals surface area contributed by atoms with Crippen LogP contribution in [-0.4, -0.2) is 13.0 Å². The lowest BCUT2D eigenvalue weighted by molar-refractivity contribution is 1.01. The number of aliphatic imine (C=N–C) groups is 1. The molecule has 0 aromatic heterocycles. The number of aryl methyl sites for hydroxylation is 1. The van der Waals surface area contributed by atoms with Crippen molar-refractivity contribution in [2.45, 2.75) is 6.92 Å². The van der Waals surface area contributed by atoms with E-state index in [9.17, 15) is 0 Å². The summed E-state index contributed by atoms with van der Waals surface area (Å²) in [6.07, 6.45) is 0. The number of guanidine groups is 1. The number of benzene rings is 1. The smallest absolute Gasteiger partial charge is 0.209 e. The largest absolute Gasteiger partial charge is 0.325 e. The fourth-order valence-corrected chi connectivity index (χ4v) is 1.71. The van der Waals surface area contributed by atoms with Crippen LogP contribution in [0.3, 0.4) is 0 Å². The van der Waals surface area contributed by atoms with Gasteiger partial charge in [-0.1, -0.05) is 15.9 Å². The molecule has 0 fully saturated rings. The number of halogens is 1. The number of nitrogens with two attached hydrogens (primary N) is 1. The SMILES string of the molecule is CN=C(NN)Nc1cc(C)cc(Br)c1. The van der Waals surface area contributed by atoms with Gasteiger partial charge < -0.3 is 5.32 Å². The van der Waals surface area contributed by atoms with Gasteiger partial charge in [0.25, 0.3) is 0 Å². The Hall–Kier alpha value is -1.07. The van der Waals surface area contributed by atoms with Crippen LogP contribution in [0, 0.1) is 6.92 Å². The minimum atomic E-state index is 0.530. The normalized spacial score (nSPS) is 11.3. The number of rotatable bonds is 1. The number of anilines is 1. The first-order chi connectivity index (χ1) is 6.65. The maximum Gasteiger partial charge on any atom is 0.209 e. The Morgan fingerprint density at radius 3 is 2.64 bits per heavy atom. The van der Waals surface area contributed by atoms with Crippen molar-refractivity contribution in [2.75, 3.05) is 12.4 Å². The van der Waals surface area contributed by atoms with Crippen LogP contribution in [0.15, 0.2) is 27.7 Å². The monoisotopic (exact) mass is 256 g/mol. The van der Waals surface area contributed by atoms with Crippen molar-refractivity contribution in [3.8, 4) is 0 Å². The first-order valence-electron chi connectivity index (χ1n) is 4.13. The van der Waals surface area contributed by atoms with E-state index in [0.29, 0.717) is 5.96 Å². The zero-order valence-corrected chi connectivity index (χ0v) is 9.72. The van der Waals surface area contributed by atoms with Crippen LogP contribution in [0.2, 0.25) is 0 Å². The van der Waals surface area contributed by atoms with Crippen molar-refractivity contribution in [3.05, 3.63) is 28.2 Å². The molecule has 1 aromatic carbocycles. The van der Waals surface area contributed by atoms with Crippen LogP contribution >= 0.6 is 15.9 Å². The first-order valence-corrected chi connectivity index (χ1v) is 4.92. The molecule has 0 heterocycles. The summed E-state index contributed by atoms with van der Waals surface area (Å²) in [5.41, 5.74) is 4.56. The number of nitrogens with one attached hydrogen (secondary N) is 2. The fourth-order valence-electron chi connectivity index (χ4n) is 1.10. The molecule has 5 heteroatoms.